The quantitative estimate of drug-likeness (QED) is 0.908. The summed E-state index contributed by atoms with van der Waals surface area (Å²) in [6.07, 6.45) is 0.540. The molecule has 1 heterocycles. The van der Waals surface area contributed by atoms with Gasteiger partial charge >= 0.3 is 0 Å². The molecule has 132 valence electrons. The van der Waals surface area contributed by atoms with Crippen LogP contribution in [0.4, 0.5) is 11.4 Å². The van der Waals surface area contributed by atoms with Crippen molar-refractivity contribution in [2.75, 3.05) is 42.9 Å². The second-order valence-corrected chi connectivity index (χ2v) is 6.83. The second kappa shape index (κ2) is 8.17. The Balaban J connectivity index is 1.41. The molecule has 0 unspecified atom stereocenters. The summed E-state index contributed by atoms with van der Waals surface area (Å²) in [6, 6.07) is 16.6. The lowest BCUT2D eigenvalue weighted by molar-refractivity contribution is -0.116. The molecule has 1 aliphatic rings. The third-order valence-corrected chi connectivity index (χ3v) is 4.73. The van der Waals surface area contributed by atoms with E-state index in [1.165, 1.54) is 16.8 Å². The smallest absolute Gasteiger partial charge is 0.225 e. The molecule has 3 rings (SSSR count). The van der Waals surface area contributed by atoms with Crippen LogP contribution in [0.1, 0.15) is 17.5 Å². The van der Waals surface area contributed by atoms with Crippen LogP contribution < -0.4 is 10.2 Å². The summed E-state index contributed by atoms with van der Waals surface area (Å²) in [5.41, 5.74) is 4.67. The summed E-state index contributed by atoms with van der Waals surface area (Å²) >= 11 is 0. The van der Waals surface area contributed by atoms with Crippen LogP contribution in [0.15, 0.2) is 48.5 Å². The molecule has 0 bridgehead atoms. The van der Waals surface area contributed by atoms with Gasteiger partial charge in [0.05, 0.1) is 0 Å². The zero-order valence-corrected chi connectivity index (χ0v) is 15.2. The fourth-order valence-electron chi connectivity index (χ4n) is 3.17. The number of carbonyl (C=O) groups is 1. The lowest BCUT2D eigenvalue weighted by Crippen LogP contribution is -2.47. The number of carbonyl (C=O) groups excluding carboxylic acids is 1. The van der Waals surface area contributed by atoms with Crippen molar-refractivity contribution >= 4 is 17.3 Å². The van der Waals surface area contributed by atoms with E-state index < -0.39 is 0 Å². The van der Waals surface area contributed by atoms with E-state index in [0.29, 0.717) is 6.42 Å². The summed E-state index contributed by atoms with van der Waals surface area (Å²) in [5.74, 6) is 0.0879. The van der Waals surface area contributed by atoms with Crippen molar-refractivity contribution in [2.24, 2.45) is 0 Å². The molecule has 2 aromatic rings. The molecule has 4 heteroatoms. The van der Waals surface area contributed by atoms with E-state index in [2.05, 4.69) is 46.3 Å². The van der Waals surface area contributed by atoms with Gasteiger partial charge in [-0.25, -0.2) is 0 Å². The van der Waals surface area contributed by atoms with Gasteiger partial charge in [-0.05, 0) is 43.7 Å². The Morgan fingerprint density at radius 2 is 1.68 bits per heavy atom. The molecule has 1 amide bonds. The summed E-state index contributed by atoms with van der Waals surface area (Å²) in [5, 5.41) is 2.97. The molecule has 1 N–H and O–H groups in total. The van der Waals surface area contributed by atoms with Crippen LogP contribution in [0.3, 0.4) is 0 Å². The van der Waals surface area contributed by atoms with Gasteiger partial charge < -0.3 is 10.2 Å². The van der Waals surface area contributed by atoms with Crippen LogP contribution in [0, 0.1) is 13.8 Å². The van der Waals surface area contributed by atoms with Gasteiger partial charge in [0.15, 0.2) is 0 Å². The van der Waals surface area contributed by atoms with E-state index in [9.17, 15) is 4.79 Å². The maximum atomic E-state index is 12.1. The van der Waals surface area contributed by atoms with Crippen LogP contribution in [0.2, 0.25) is 0 Å². The van der Waals surface area contributed by atoms with Crippen molar-refractivity contribution in [2.45, 2.75) is 20.3 Å². The number of hydrogen-bond acceptors (Lipinski definition) is 3. The third-order valence-electron chi connectivity index (χ3n) is 4.73. The topological polar surface area (TPSA) is 35.6 Å². The Labute approximate surface area is 150 Å². The highest BCUT2D eigenvalue weighted by atomic mass is 16.1. The minimum Gasteiger partial charge on any atom is -0.369 e. The normalized spacial score (nSPS) is 15.2. The van der Waals surface area contributed by atoms with Gasteiger partial charge in [-0.3, -0.25) is 9.69 Å². The first kappa shape index (κ1) is 17.5. The van der Waals surface area contributed by atoms with Gasteiger partial charge in [-0.1, -0.05) is 29.8 Å². The molecule has 0 aliphatic carbocycles. The SMILES string of the molecule is Cc1ccc(NC(=O)CCN2CCN(c3cccc(C)c3)CC2)cc1. The number of piperazine rings is 1. The largest absolute Gasteiger partial charge is 0.369 e. The fourth-order valence-corrected chi connectivity index (χ4v) is 3.17. The average Bonchev–Trinajstić information content (AvgIpc) is 2.62. The van der Waals surface area contributed by atoms with Crippen molar-refractivity contribution in [1.82, 2.24) is 4.90 Å². The number of amides is 1. The highest BCUT2D eigenvalue weighted by Crippen LogP contribution is 2.18. The Morgan fingerprint density at radius 3 is 2.36 bits per heavy atom. The summed E-state index contributed by atoms with van der Waals surface area (Å²) < 4.78 is 0. The summed E-state index contributed by atoms with van der Waals surface area (Å²) in [4.78, 5) is 16.9. The lowest BCUT2D eigenvalue weighted by Gasteiger charge is -2.36. The highest BCUT2D eigenvalue weighted by molar-refractivity contribution is 5.90. The predicted molar refractivity (Wildman–Crippen MR) is 104 cm³/mol. The Bertz CT molecular complexity index is 703. The van der Waals surface area contributed by atoms with E-state index >= 15 is 0 Å². The standard InChI is InChI=1S/C21H27N3O/c1-17-6-8-19(9-7-17)22-21(25)10-11-23-12-14-24(15-13-23)20-5-3-4-18(2)16-20/h3-9,16H,10-15H2,1-2H3,(H,22,25). The molecule has 0 spiro atoms. The van der Waals surface area contributed by atoms with Crippen molar-refractivity contribution < 1.29 is 4.79 Å². The zero-order chi connectivity index (χ0) is 17.6. The number of aryl methyl sites for hydroxylation is 2. The third kappa shape index (κ3) is 5.07. The summed E-state index contributed by atoms with van der Waals surface area (Å²) in [7, 11) is 0. The van der Waals surface area contributed by atoms with Gasteiger partial charge in [0.2, 0.25) is 5.91 Å². The number of hydrogen-bond donors (Lipinski definition) is 1. The van der Waals surface area contributed by atoms with Crippen LogP contribution >= 0.6 is 0 Å². The van der Waals surface area contributed by atoms with Gasteiger partial charge in [0, 0.05) is 50.5 Å². The number of anilines is 2. The first-order valence-electron chi connectivity index (χ1n) is 9.01. The van der Waals surface area contributed by atoms with Crippen LogP contribution in [-0.2, 0) is 4.79 Å². The zero-order valence-electron chi connectivity index (χ0n) is 15.2. The average molecular weight is 337 g/mol. The first-order chi connectivity index (χ1) is 12.1. The van der Waals surface area contributed by atoms with E-state index in [1.54, 1.807) is 0 Å². The van der Waals surface area contributed by atoms with Crippen LogP contribution in [0.25, 0.3) is 0 Å². The molecule has 4 nitrogen and oxygen atoms in total. The Hall–Kier alpha value is -2.33. The predicted octanol–water partition coefficient (Wildman–Crippen LogP) is 3.45. The number of nitrogens with zero attached hydrogens (tertiary/aromatic N) is 2. The van der Waals surface area contributed by atoms with E-state index in [4.69, 9.17) is 0 Å². The molecule has 25 heavy (non-hydrogen) atoms. The minimum absolute atomic E-state index is 0.0879. The highest BCUT2D eigenvalue weighted by Gasteiger charge is 2.17. The molecule has 1 aliphatic heterocycles. The van der Waals surface area contributed by atoms with Gasteiger partial charge in [0.25, 0.3) is 0 Å². The molecular formula is C21H27N3O. The van der Waals surface area contributed by atoms with E-state index in [1.807, 2.05) is 31.2 Å². The molecule has 2 aromatic carbocycles. The fraction of sp³-hybridized carbons (Fsp3) is 0.381. The number of nitrogens with one attached hydrogen (secondary N) is 1. The molecular weight excluding hydrogens is 310 g/mol. The summed E-state index contributed by atoms with van der Waals surface area (Å²) in [6.45, 7) is 9.04. The molecule has 0 atom stereocenters. The van der Waals surface area contributed by atoms with E-state index in [-0.39, 0.29) is 5.91 Å². The van der Waals surface area contributed by atoms with Crippen molar-refractivity contribution in [3.8, 4) is 0 Å². The Morgan fingerprint density at radius 1 is 0.960 bits per heavy atom. The first-order valence-corrected chi connectivity index (χ1v) is 9.01. The maximum absolute atomic E-state index is 12.1. The monoisotopic (exact) mass is 337 g/mol. The minimum atomic E-state index is 0.0879. The van der Waals surface area contributed by atoms with Gasteiger partial charge in [-0.2, -0.15) is 0 Å². The van der Waals surface area contributed by atoms with E-state index in [0.717, 1.165) is 38.4 Å². The maximum Gasteiger partial charge on any atom is 0.225 e. The second-order valence-electron chi connectivity index (χ2n) is 6.83. The molecule has 0 aromatic heterocycles. The van der Waals surface area contributed by atoms with Crippen LogP contribution in [0.5, 0.6) is 0 Å². The van der Waals surface area contributed by atoms with Crippen molar-refractivity contribution in [3.63, 3.8) is 0 Å². The number of rotatable bonds is 5. The number of benzene rings is 2. The molecule has 1 fully saturated rings. The Kier molecular flexibility index (Phi) is 5.71. The van der Waals surface area contributed by atoms with Gasteiger partial charge in [0.1, 0.15) is 0 Å². The molecule has 1 saturated heterocycles. The van der Waals surface area contributed by atoms with Crippen molar-refractivity contribution in [1.29, 1.82) is 0 Å². The lowest BCUT2D eigenvalue weighted by atomic mass is 10.2. The van der Waals surface area contributed by atoms with Crippen LogP contribution in [-0.4, -0.2) is 43.5 Å². The molecule has 0 saturated carbocycles. The molecule has 0 radical (unpaired) electrons. The van der Waals surface area contributed by atoms with Crippen molar-refractivity contribution in [3.05, 3.63) is 59.7 Å². The van der Waals surface area contributed by atoms with Gasteiger partial charge in [-0.15, -0.1) is 0 Å².